The Hall–Kier alpha value is -2.96. The fraction of sp³-hybridized carbons (Fsp3) is 0.478. The van der Waals surface area contributed by atoms with Crippen LogP contribution in [0.15, 0.2) is 29.1 Å². The van der Waals surface area contributed by atoms with Crippen molar-refractivity contribution in [2.24, 2.45) is 0 Å². The first-order chi connectivity index (χ1) is 14.5. The maximum Gasteiger partial charge on any atom is 0.279 e. The first-order valence-corrected chi connectivity index (χ1v) is 10.9. The van der Waals surface area contributed by atoms with Crippen molar-refractivity contribution in [2.45, 2.75) is 65.0 Å². The molecule has 1 saturated heterocycles. The van der Waals surface area contributed by atoms with Crippen molar-refractivity contribution in [1.82, 2.24) is 24.1 Å². The van der Waals surface area contributed by atoms with Gasteiger partial charge in [-0.05, 0) is 52.4 Å². The van der Waals surface area contributed by atoms with Crippen LogP contribution in [0.25, 0.3) is 17.2 Å². The zero-order chi connectivity index (χ0) is 20.8. The number of carbonyl (C=O) groups excluding carboxylic acids is 1. The number of hydrogen-bond donors (Lipinski definition) is 0. The molecule has 30 heavy (non-hydrogen) atoms. The first-order valence-electron chi connectivity index (χ1n) is 10.9. The van der Waals surface area contributed by atoms with Gasteiger partial charge in [0.25, 0.3) is 5.56 Å². The lowest BCUT2D eigenvalue weighted by molar-refractivity contribution is -0.135. The fourth-order valence-corrected chi connectivity index (χ4v) is 4.81. The Morgan fingerprint density at radius 3 is 2.70 bits per heavy atom. The Bertz CT molecular complexity index is 1180. The van der Waals surface area contributed by atoms with Crippen LogP contribution >= 0.6 is 0 Å². The van der Waals surface area contributed by atoms with Gasteiger partial charge in [0.2, 0.25) is 11.7 Å². The van der Waals surface area contributed by atoms with Gasteiger partial charge in [-0.25, -0.2) is 0 Å². The number of amides is 1. The van der Waals surface area contributed by atoms with Gasteiger partial charge in [0.1, 0.15) is 6.54 Å². The third kappa shape index (κ3) is 3.13. The Kier molecular flexibility index (Phi) is 4.68. The van der Waals surface area contributed by atoms with E-state index in [-0.39, 0.29) is 24.1 Å². The molecule has 1 fully saturated rings. The molecule has 1 amide bonds. The number of aromatic nitrogens is 4. The number of aryl methyl sites for hydroxylation is 1. The third-order valence-corrected chi connectivity index (χ3v) is 6.52. The third-order valence-electron chi connectivity index (χ3n) is 6.52. The highest BCUT2D eigenvalue weighted by Gasteiger charge is 2.28. The van der Waals surface area contributed by atoms with E-state index in [1.54, 1.807) is 0 Å². The van der Waals surface area contributed by atoms with Gasteiger partial charge >= 0.3 is 0 Å². The Balaban J connectivity index is 1.61. The van der Waals surface area contributed by atoms with Crippen LogP contribution in [0.4, 0.5) is 0 Å². The lowest BCUT2D eigenvalue weighted by Gasteiger charge is -2.33. The number of fused-ring (bicyclic) bond motifs is 2. The average Bonchev–Trinajstić information content (AvgIpc) is 3.40. The molecule has 0 N–H and O–H groups in total. The van der Waals surface area contributed by atoms with Crippen LogP contribution in [0.3, 0.4) is 0 Å². The van der Waals surface area contributed by atoms with Crippen LogP contribution in [-0.2, 0) is 24.2 Å². The Labute approximate surface area is 175 Å². The molecule has 1 aliphatic carbocycles. The highest BCUT2D eigenvalue weighted by molar-refractivity contribution is 5.77. The van der Waals surface area contributed by atoms with Gasteiger partial charge < -0.3 is 9.47 Å². The van der Waals surface area contributed by atoms with Crippen LogP contribution in [0.5, 0.6) is 0 Å². The van der Waals surface area contributed by atoms with E-state index >= 15 is 0 Å². The summed E-state index contributed by atoms with van der Waals surface area (Å²) in [6.07, 6.45) is 5.74. The van der Waals surface area contributed by atoms with E-state index < -0.39 is 0 Å². The van der Waals surface area contributed by atoms with Crippen molar-refractivity contribution in [3.63, 3.8) is 0 Å². The maximum absolute atomic E-state index is 13.2. The second-order valence-electron chi connectivity index (χ2n) is 8.62. The Morgan fingerprint density at radius 2 is 1.93 bits per heavy atom. The molecule has 0 saturated carbocycles. The molecule has 3 heterocycles. The summed E-state index contributed by atoms with van der Waals surface area (Å²) in [4.78, 5) is 32.9. The molecule has 7 nitrogen and oxygen atoms in total. The van der Waals surface area contributed by atoms with E-state index in [0.29, 0.717) is 11.6 Å². The van der Waals surface area contributed by atoms with Crippen molar-refractivity contribution < 1.29 is 4.79 Å². The van der Waals surface area contributed by atoms with Crippen LogP contribution in [0.2, 0.25) is 0 Å². The van der Waals surface area contributed by atoms with Gasteiger partial charge in [-0.3, -0.25) is 9.59 Å². The summed E-state index contributed by atoms with van der Waals surface area (Å²) in [7, 11) is 0. The molecule has 1 atom stereocenters. The van der Waals surface area contributed by atoms with E-state index in [1.807, 2.05) is 40.7 Å². The van der Waals surface area contributed by atoms with Crippen LogP contribution in [-0.4, -0.2) is 42.6 Å². The van der Waals surface area contributed by atoms with Gasteiger partial charge in [-0.2, -0.15) is 9.50 Å². The summed E-state index contributed by atoms with van der Waals surface area (Å²) in [5, 5.41) is 4.53. The molecule has 0 radical (unpaired) electrons. The number of carbonyl (C=O) groups is 1. The molecular formula is C23H27N5O2. The molecule has 1 aliphatic heterocycles. The average molecular weight is 406 g/mol. The lowest BCUT2D eigenvalue weighted by atomic mass is 10.0. The summed E-state index contributed by atoms with van der Waals surface area (Å²) in [6, 6.07) is 8.21. The van der Waals surface area contributed by atoms with Crippen molar-refractivity contribution in [3.05, 3.63) is 51.4 Å². The molecule has 0 spiro atoms. The maximum atomic E-state index is 13.2. The summed E-state index contributed by atoms with van der Waals surface area (Å²) in [5.41, 5.74) is 3.66. The van der Waals surface area contributed by atoms with E-state index in [4.69, 9.17) is 4.98 Å². The van der Waals surface area contributed by atoms with Crippen molar-refractivity contribution in [2.75, 3.05) is 6.54 Å². The predicted molar refractivity (Wildman–Crippen MR) is 114 cm³/mol. The highest BCUT2D eigenvalue weighted by Crippen LogP contribution is 2.24. The lowest BCUT2D eigenvalue weighted by Crippen LogP contribution is -2.44. The topological polar surface area (TPSA) is 72.5 Å². The minimum Gasteiger partial charge on any atom is -0.338 e. The van der Waals surface area contributed by atoms with Gasteiger partial charge in [0.15, 0.2) is 5.82 Å². The molecular weight excluding hydrogens is 378 g/mol. The van der Waals surface area contributed by atoms with Crippen molar-refractivity contribution in [3.8, 4) is 11.4 Å². The number of hydrogen-bond acceptors (Lipinski definition) is 4. The van der Waals surface area contributed by atoms with Crippen molar-refractivity contribution >= 4 is 11.7 Å². The number of rotatable bonds is 3. The van der Waals surface area contributed by atoms with Crippen molar-refractivity contribution in [1.29, 1.82) is 0 Å². The Morgan fingerprint density at radius 1 is 1.13 bits per heavy atom. The molecule has 0 bridgehead atoms. The molecule has 156 valence electrons. The summed E-state index contributed by atoms with van der Waals surface area (Å²) >= 11 is 0. The predicted octanol–water partition coefficient (Wildman–Crippen LogP) is 2.76. The van der Waals surface area contributed by atoms with Crippen LogP contribution in [0.1, 0.15) is 49.4 Å². The summed E-state index contributed by atoms with van der Waals surface area (Å²) in [6.45, 7) is 5.17. The van der Waals surface area contributed by atoms with Crippen LogP contribution < -0.4 is 5.56 Å². The van der Waals surface area contributed by atoms with E-state index in [9.17, 15) is 9.59 Å². The van der Waals surface area contributed by atoms with Gasteiger partial charge in [0.05, 0.1) is 0 Å². The zero-order valence-corrected chi connectivity index (χ0v) is 17.6. The number of piperidine rings is 1. The molecule has 5 rings (SSSR count). The van der Waals surface area contributed by atoms with Gasteiger partial charge in [-0.1, -0.05) is 29.8 Å². The smallest absolute Gasteiger partial charge is 0.279 e. The van der Waals surface area contributed by atoms with Crippen LogP contribution in [0, 0.1) is 6.92 Å². The van der Waals surface area contributed by atoms with Gasteiger partial charge in [-0.15, -0.1) is 5.10 Å². The zero-order valence-electron chi connectivity index (χ0n) is 17.6. The molecule has 2 aliphatic rings. The SMILES string of the molecule is Cc1ccc(-c2nc3n(CC(=O)N4CCCCC4C)c4c(c(=O)n3n2)CCC4)cc1. The van der Waals surface area contributed by atoms with E-state index in [1.165, 1.54) is 10.9 Å². The summed E-state index contributed by atoms with van der Waals surface area (Å²) in [5.74, 6) is 1.08. The normalized spacial score (nSPS) is 18.7. The van der Waals surface area contributed by atoms with E-state index in [0.717, 1.165) is 61.0 Å². The monoisotopic (exact) mass is 405 g/mol. The first kappa shape index (κ1) is 19.0. The number of nitrogens with zero attached hydrogens (tertiary/aromatic N) is 5. The second-order valence-corrected chi connectivity index (χ2v) is 8.62. The molecule has 2 aromatic heterocycles. The highest BCUT2D eigenvalue weighted by atomic mass is 16.2. The molecule has 7 heteroatoms. The number of likely N-dealkylation sites (tertiary alicyclic amines) is 1. The number of benzene rings is 1. The fourth-order valence-electron chi connectivity index (χ4n) is 4.81. The van der Waals surface area contributed by atoms with Gasteiger partial charge in [0, 0.05) is 29.4 Å². The largest absolute Gasteiger partial charge is 0.338 e. The standard InChI is InChI=1S/C23H27N5O2/c1-15-9-11-17(12-10-15)21-24-23-27(14-20(29)26-13-4-3-6-16(26)2)19-8-5-7-18(19)22(30)28(23)25-21/h9-12,16H,3-8,13-14H2,1-2H3. The molecule has 1 unspecified atom stereocenters. The second kappa shape index (κ2) is 7.38. The van der Waals surface area contributed by atoms with E-state index in [2.05, 4.69) is 12.0 Å². The quantitative estimate of drug-likeness (QED) is 0.672. The molecule has 1 aromatic carbocycles. The molecule has 3 aromatic rings. The minimum absolute atomic E-state index is 0.0987. The summed E-state index contributed by atoms with van der Waals surface area (Å²) < 4.78 is 3.34. The minimum atomic E-state index is -0.0987.